The summed E-state index contributed by atoms with van der Waals surface area (Å²) in [5.74, 6) is 0. The van der Waals surface area contributed by atoms with Crippen molar-refractivity contribution in [2.75, 3.05) is 0 Å². The van der Waals surface area contributed by atoms with E-state index >= 15 is 0 Å². The molecule has 0 amide bonds. The van der Waals surface area contributed by atoms with Gasteiger partial charge in [-0.3, -0.25) is 0 Å². The van der Waals surface area contributed by atoms with Gasteiger partial charge in [-0.15, -0.1) is 0 Å². The van der Waals surface area contributed by atoms with Gasteiger partial charge < -0.3 is 0 Å². The maximum atomic E-state index is 4.15. The number of hydrogen-bond donors (Lipinski definition) is 0. The smallest absolute Gasteiger partial charge is 0.00262 e. The van der Waals surface area contributed by atoms with Gasteiger partial charge in [0.15, 0.2) is 0 Å². The Bertz CT molecular complexity index is 1360. The molecule has 5 aromatic carbocycles. The van der Waals surface area contributed by atoms with E-state index in [0.717, 1.165) is 5.57 Å². The third kappa shape index (κ3) is 3.02. The second-order valence-corrected chi connectivity index (χ2v) is 8.07. The number of aryl methyl sites for hydroxylation is 1. The fraction of sp³-hybridized carbons (Fsp3) is 0.0667. The molecule has 0 unspecified atom stereocenters. The molecule has 5 aromatic rings. The molecule has 5 rings (SSSR count). The fourth-order valence-corrected chi connectivity index (χ4v) is 4.49. The highest BCUT2D eigenvalue weighted by atomic mass is 14.2. The van der Waals surface area contributed by atoms with Crippen LogP contribution in [0.4, 0.5) is 0 Å². The van der Waals surface area contributed by atoms with E-state index in [0.29, 0.717) is 0 Å². The molecule has 0 aliphatic carbocycles. The third-order valence-corrected chi connectivity index (χ3v) is 5.88. The van der Waals surface area contributed by atoms with Crippen molar-refractivity contribution in [1.29, 1.82) is 0 Å². The Morgan fingerprint density at radius 2 is 1.03 bits per heavy atom. The first kappa shape index (κ1) is 18.4. The van der Waals surface area contributed by atoms with E-state index in [9.17, 15) is 0 Å². The molecular formula is C30H24. The predicted octanol–water partition coefficient (Wildman–Crippen LogP) is 8.67. The zero-order chi connectivity index (χ0) is 20.7. The average molecular weight is 385 g/mol. The minimum Gasteiger partial charge on any atom is -0.0955 e. The minimum absolute atomic E-state index is 1.09. The van der Waals surface area contributed by atoms with E-state index in [4.69, 9.17) is 0 Å². The van der Waals surface area contributed by atoms with Crippen LogP contribution in [0.5, 0.6) is 0 Å². The second kappa shape index (κ2) is 7.31. The number of fused-ring (bicyclic) bond motifs is 2. The molecule has 30 heavy (non-hydrogen) atoms. The van der Waals surface area contributed by atoms with Gasteiger partial charge in [0, 0.05) is 0 Å². The molecule has 144 valence electrons. The predicted molar refractivity (Wildman–Crippen MR) is 132 cm³/mol. The van der Waals surface area contributed by atoms with Crippen molar-refractivity contribution in [3.05, 3.63) is 115 Å². The van der Waals surface area contributed by atoms with Crippen molar-refractivity contribution in [2.45, 2.75) is 13.8 Å². The van der Waals surface area contributed by atoms with Crippen LogP contribution >= 0.6 is 0 Å². The third-order valence-electron chi connectivity index (χ3n) is 5.88. The first-order valence-corrected chi connectivity index (χ1v) is 10.4. The van der Waals surface area contributed by atoms with Gasteiger partial charge in [-0.25, -0.2) is 0 Å². The summed E-state index contributed by atoms with van der Waals surface area (Å²) in [7, 11) is 0. The Labute approximate surface area is 178 Å². The minimum atomic E-state index is 1.09. The number of rotatable bonds is 3. The summed E-state index contributed by atoms with van der Waals surface area (Å²) in [5, 5.41) is 5.15. The molecule has 0 atom stereocenters. The molecule has 0 saturated carbocycles. The van der Waals surface area contributed by atoms with Crippen molar-refractivity contribution < 1.29 is 0 Å². The normalized spacial score (nSPS) is 11.1. The lowest BCUT2D eigenvalue weighted by atomic mass is 9.85. The maximum absolute atomic E-state index is 4.15. The van der Waals surface area contributed by atoms with Gasteiger partial charge in [-0.2, -0.15) is 0 Å². The van der Waals surface area contributed by atoms with E-state index in [1.54, 1.807) is 0 Å². The Morgan fingerprint density at radius 3 is 1.50 bits per heavy atom. The van der Waals surface area contributed by atoms with E-state index < -0.39 is 0 Å². The van der Waals surface area contributed by atoms with Crippen molar-refractivity contribution in [3.63, 3.8) is 0 Å². The Morgan fingerprint density at radius 1 is 0.567 bits per heavy atom. The van der Waals surface area contributed by atoms with Crippen molar-refractivity contribution in [1.82, 2.24) is 0 Å². The zero-order valence-electron chi connectivity index (χ0n) is 17.4. The van der Waals surface area contributed by atoms with E-state index in [1.807, 2.05) is 0 Å². The summed E-state index contributed by atoms with van der Waals surface area (Å²) in [6, 6.07) is 35.2. The summed E-state index contributed by atoms with van der Waals surface area (Å²) in [6.07, 6.45) is 0. The molecule has 0 radical (unpaired) electrons. The van der Waals surface area contributed by atoms with Crippen molar-refractivity contribution in [2.24, 2.45) is 0 Å². The molecule has 0 N–H and O–H groups in total. The van der Waals surface area contributed by atoms with E-state index in [-0.39, 0.29) is 0 Å². The highest BCUT2D eigenvalue weighted by molar-refractivity contribution is 6.21. The first-order chi connectivity index (χ1) is 14.6. The SMILES string of the molecule is C=C(C)c1cccc(-c2c3ccccc3c(-c3cccc(C)c3)c3ccccc23)c1. The largest absolute Gasteiger partial charge is 0.0955 e. The van der Waals surface area contributed by atoms with Crippen molar-refractivity contribution >= 4 is 27.1 Å². The molecule has 0 aromatic heterocycles. The van der Waals surface area contributed by atoms with Crippen LogP contribution in [0.15, 0.2) is 104 Å². The molecule has 0 fully saturated rings. The van der Waals surface area contributed by atoms with Crippen LogP contribution in [0.1, 0.15) is 18.1 Å². The van der Waals surface area contributed by atoms with Crippen LogP contribution < -0.4 is 0 Å². The van der Waals surface area contributed by atoms with Crippen LogP contribution in [-0.4, -0.2) is 0 Å². The molecule has 0 heterocycles. The Kier molecular flexibility index (Phi) is 4.48. The van der Waals surface area contributed by atoms with Crippen LogP contribution in [0.2, 0.25) is 0 Å². The lowest BCUT2D eigenvalue weighted by molar-refractivity contribution is 1.47. The van der Waals surface area contributed by atoms with Gasteiger partial charge in [-0.05, 0) is 69.3 Å². The molecule has 0 saturated heterocycles. The summed E-state index contributed by atoms with van der Waals surface area (Å²) in [6.45, 7) is 8.37. The zero-order valence-corrected chi connectivity index (χ0v) is 17.4. The molecule has 0 aliphatic rings. The summed E-state index contributed by atoms with van der Waals surface area (Å²) < 4.78 is 0. The highest BCUT2D eigenvalue weighted by Crippen LogP contribution is 2.43. The van der Waals surface area contributed by atoms with E-state index in [2.05, 4.69) is 117 Å². The first-order valence-electron chi connectivity index (χ1n) is 10.4. The summed E-state index contributed by atoms with van der Waals surface area (Å²) >= 11 is 0. The Hall–Kier alpha value is -3.64. The summed E-state index contributed by atoms with van der Waals surface area (Å²) in [5.41, 5.74) is 8.65. The van der Waals surface area contributed by atoms with E-state index in [1.165, 1.54) is 54.9 Å². The van der Waals surface area contributed by atoms with Crippen LogP contribution in [0, 0.1) is 6.92 Å². The highest BCUT2D eigenvalue weighted by Gasteiger charge is 2.16. The Balaban J connectivity index is 1.96. The quantitative estimate of drug-likeness (QED) is 0.273. The average Bonchev–Trinajstić information content (AvgIpc) is 2.77. The fourth-order valence-electron chi connectivity index (χ4n) is 4.49. The number of allylic oxidation sites excluding steroid dienone is 1. The topological polar surface area (TPSA) is 0 Å². The van der Waals surface area contributed by atoms with Crippen LogP contribution in [-0.2, 0) is 0 Å². The van der Waals surface area contributed by atoms with Crippen LogP contribution in [0.3, 0.4) is 0 Å². The standard InChI is InChI=1S/C30H24/c1-20(2)22-11-9-13-24(19-22)30-27-16-6-4-14-25(27)29(23-12-8-10-21(3)18-23)26-15-5-7-17-28(26)30/h4-19H,1H2,2-3H3. The lowest BCUT2D eigenvalue weighted by Crippen LogP contribution is -1.91. The second-order valence-electron chi connectivity index (χ2n) is 8.07. The molecule has 0 nitrogen and oxygen atoms in total. The van der Waals surface area contributed by atoms with Gasteiger partial charge in [0.05, 0.1) is 0 Å². The molecule has 0 aliphatic heterocycles. The number of hydrogen-bond acceptors (Lipinski definition) is 0. The van der Waals surface area contributed by atoms with Gasteiger partial charge in [0.1, 0.15) is 0 Å². The maximum Gasteiger partial charge on any atom is -0.00262 e. The van der Waals surface area contributed by atoms with Crippen molar-refractivity contribution in [3.8, 4) is 22.3 Å². The lowest BCUT2D eigenvalue weighted by Gasteiger charge is -2.18. The molecular weight excluding hydrogens is 360 g/mol. The molecule has 0 heteroatoms. The number of benzene rings is 5. The van der Waals surface area contributed by atoms with Gasteiger partial charge >= 0.3 is 0 Å². The summed E-state index contributed by atoms with van der Waals surface area (Å²) in [4.78, 5) is 0. The van der Waals surface area contributed by atoms with Gasteiger partial charge in [0.2, 0.25) is 0 Å². The molecule has 0 bridgehead atoms. The molecule has 0 spiro atoms. The monoisotopic (exact) mass is 384 g/mol. The van der Waals surface area contributed by atoms with Gasteiger partial charge in [-0.1, -0.05) is 109 Å². The van der Waals surface area contributed by atoms with Crippen LogP contribution in [0.25, 0.3) is 49.4 Å². The van der Waals surface area contributed by atoms with Gasteiger partial charge in [0.25, 0.3) is 0 Å².